The van der Waals surface area contributed by atoms with Crippen LogP contribution in [0.25, 0.3) is 0 Å². The van der Waals surface area contributed by atoms with Crippen molar-refractivity contribution in [2.45, 2.75) is 52.1 Å². The number of nitrogens with zero attached hydrogens (tertiary/aromatic N) is 2. The quantitative estimate of drug-likeness (QED) is 0.427. The zero-order valence-corrected chi connectivity index (χ0v) is 15.7. The second-order valence-electron chi connectivity index (χ2n) is 6.51. The van der Waals surface area contributed by atoms with E-state index in [1.165, 1.54) is 32.4 Å². The lowest BCUT2D eigenvalue weighted by Gasteiger charge is -2.22. The zero-order chi connectivity index (χ0) is 13.8. The molecule has 1 heterocycles. The lowest BCUT2D eigenvalue weighted by Crippen LogP contribution is -2.45. The maximum absolute atomic E-state index is 4.32. The molecule has 5 heteroatoms. The van der Waals surface area contributed by atoms with Crippen LogP contribution in [-0.4, -0.2) is 49.6 Å². The molecule has 20 heavy (non-hydrogen) atoms. The lowest BCUT2D eigenvalue weighted by molar-refractivity contribution is 0.314. The first-order chi connectivity index (χ1) is 9.10. The van der Waals surface area contributed by atoms with Crippen molar-refractivity contribution in [2.75, 3.05) is 26.7 Å². The number of guanidine groups is 1. The van der Waals surface area contributed by atoms with Gasteiger partial charge in [-0.1, -0.05) is 13.8 Å². The van der Waals surface area contributed by atoms with E-state index in [0.29, 0.717) is 12.0 Å². The number of aliphatic imine (C=N–C) groups is 1. The number of halogens is 1. The molecule has 0 radical (unpaired) electrons. The van der Waals surface area contributed by atoms with Crippen molar-refractivity contribution >= 4 is 29.9 Å². The summed E-state index contributed by atoms with van der Waals surface area (Å²) in [6.45, 7) is 10.3. The fourth-order valence-corrected chi connectivity index (χ4v) is 2.62. The van der Waals surface area contributed by atoms with Crippen LogP contribution in [0.3, 0.4) is 0 Å². The average Bonchev–Trinajstić information content (AvgIpc) is 3.13. The molecule has 1 saturated carbocycles. The first-order valence-electron chi connectivity index (χ1n) is 7.81. The Kier molecular flexibility index (Phi) is 7.58. The van der Waals surface area contributed by atoms with Gasteiger partial charge in [0.05, 0.1) is 0 Å². The van der Waals surface area contributed by atoms with Gasteiger partial charge in [0.1, 0.15) is 0 Å². The van der Waals surface area contributed by atoms with Crippen LogP contribution < -0.4 is 10.6 Å². The summed E-state index contributed by atoms with van der Waals surface area (Å²) in [7, 11) is 1.85. The maximum Gasteiger partial charge on any atom is 0.191 e. The Morgan fingerprint density at radius 3 is 2.50 bits per heavy atom. The molecule has 0 bridgehead atoms. The Balaban J connectivity index is 0.00000200. The molecule has 1 aliphatic carbocycles. The Morgan fingerprint density at radius 1 is 1.25 bits per heavy atom. The third kappa shape index (κ3) is 5.39. The van der Waals surface area contributed by atoms with Crippen molar-refractivity contribution in [1.82, 2.24) is 15.5 Å². The van der Waals surface area contributed by atoms with Gasteiger partial charge in [0.15, 0.2) is 5.96 Å². The van der Waals surface area contributed by atoms with Crippen molar-refractivity contribution in [3.63, 3.8) is 0 Å². The number of rotatable bonds is 5. The summed E-state index contributed by atoms with van der Waals surface area (Å²) >= 11 is 0. The van der Waals surface area contributed by atoms with Gasteiger partial charge in [-0.3, -0.25) is 4.99 Å². The van der Waals surface area contributed by atoms with E-state index in [1.807, 2.05) is 7.05 Å². The highest BCUT2D eigenvalue weighted by Gasteiger charge is 2.34. The summed E-state index contributed by atoms with van der Waals surface area (Å²) in [5.74, 6) is 2.36. The third-order valence-corrected chi connectivity index (χ3v) is 4.53. The van der Waals surface area contributed by atoms with Crippen LogP contribution in [-0.2, 0) is 0 Å². The maximum atomic E-state index is 4.32. The van der Waals surface area contributed by atoms with Crippen LogP contribution >= 0.6 is 24.0 Å². The smallest absolute Gasteiger partial charge is 0.191 e. The van der Waals surface area contributed by atoms with Crippen molar-refractivity contribution < 1.29 is 0 Å². The van der Waals surface area contributed by atoms with Crippen LogP contribution in [0.5, 0.6) is 0 Å². The Morgan fingerprint density at radius 2 is 1.95 bits per heavy atom. The number of hydrogen-bond acceptors (Lipinski definition) is 2. The average molecular weight is 394 g/mol. The molecule has 2 unspecified atom stereocenters. The van der Waals surface area contributed by atoms with E-state index >= 15 is 0 Å². The number of likely N-dealkylation sites (tertiary alicyclic amines) is 1. The van der Waals surface area contributed by atoms with Gasteiger partial charge >= 0.3 is 0 Å². The summed E-state index contributed by atoms with van der Waals surface area (Å²) in [6.07, 6.45) is 4.19. The van der Waals surface area contributed by atoms with E-state index < -0.39 is 0 Å². The molecule has 0 amide bonds. The first kappa shape index (κ1) is 18.0. The monoisotopic (exact) mass is 394 g/mol. The van der Waals surface area contributed by atoms with Crippen molar-refractivity contribution in [3.8, 4) is 0 Å². The minimum Gasteiger partial charge on any atom is -0.356 e. The second-order valence-corrected chi connectivity index (χ2v) is 6.51. The van der Waals surface area contributed by atoms with Crippen LogP contribution in [0.2, 0.25) is 0 Å². The number of hydrogen-bond donors (Lipinski definition) is 2. The fourth-order valence-electron chi connectivity index (χ4n) is 2.62. The van der Waals surface area contributed by atoms with E-state index in [1.54, 1.807) is 0 Å². The van der Waals surface area contributed by atoms with Gasteiger partial charge in [-0.15, -0.1) is 24.0 Å². The predicted molar refractivity (Wildman–Crippen MR) is 96.9 cm³/mol. The van der Waals surface area contributed by atoms with E-state index in [-0.39, 0.29) is 24.0 Å². The van der Waals surface area contributed by atoms with Gasteiger partial charge in [0, 0.05) is 32.2 Å². The fraction of sp³-hybridized carbons (Fsp3) is 0.933. The van der Waals surface area contributed by atoms with Gasteiger partial charge in [0.2, 0.25) is 0 Å². The molecule has 1 aliphatic heterocycles. The molecule has 2 atom stereocenters. The van der Waals surface area contributed by atoms with Crippen LogP contribution in [0.15, 0.2) is 4.99 Å². The lowest BCUT2D eigenvalue weighted by atomic mass is 10.1. The molecule has 0 aromatic rings. The minimum absolute atomic E-state index is 0. The summed E-state index contributed by atoms with van der Waals surface area (Å²) in [5.41, 5.74) is 0. The van der Waals surface area contributed by atoms with Gasteiger partial charge in [-0.05, 0) is 44.6 Å². The molecule has 0 spiro atoms. The molecule has 1 saturated heterocycles. The molecule has 4 nitrogen and oxygen atoms in total. The highest BCUT2D eigenvalue weighted by atomic mass is 127. The van der Waals surface area contributed by atoms with Crippen LogP contribution in [0.4, 0.5) is 0 Å². The molecular formula is C15H31IN4. The molecule has 118 valence electrons. The summed E-state index contributed by atoms with van der Waals surface area (Å²) in [6, 6.07) is 1.38. The molecule has 0 aromatic heterocycles. The number of nitrogens with one attached hydrogen (secondary N) is 2. The third-order valence-electron chi connectivity index (χ3n) is 4.53. The summed E-state index contributed by atoms with van der Waals surface area (Å²) in [4.78, 5) is 6.98. The predicted octanol–water partition coefficient (Wildman–Crippen LogP) is 2.30. The van der Waals surface area contributed by atoms with Crippen molar-refractivity contribution in [3.05, 3.63) is 0 Å². The Hall–Kier alpha value is -0.0400. The topological polar surface area (TPSA) is 39.7 Å². The van der Waals surface area contributed by atoms with E-state index in [4.69, 9.17) is 0 Å². The summed E-state index contributed by atoms with van der Waals surface area (Å²) < 4.78 is 0. The zero-order valence-electron chi connectivity index (χ0n) is 13.4. The molecule has 2 rings (SSSR count). The highest BCUT2D eigenvalue weighted by molar-refractivity contribution is 14.0. The molecule has 0 aromatic carbocycles. The normalized spacial score (nSPS) is 25.4. The van der Waals surface area contributed by atoms with E-state index in [9.17, 15) is 0 Å². The van der Waals surface area contributed by atoms with E-state index in [2.05, 4.69) is 41.3 Å². The Bertz CT molecular complexity index is 315. The SMILES string of the molecule is CN=C(NCC1CCN(C2CC2)C1)NC(C)C(C)C.I. The van der Waals surface area contributed by atoms with Gasteiger partial charge in [-0.2, -0.15) is 0 Å². The molecule has 2 fully saturated rings. The van der Waals surface area contributed by atoms with Crippen molar-refractivity contribution in [2.24, 2.45) is 16.8 Å². The largest absolute Gasteiger partial charge is 0.356 e. The van der Waals surface area contributed by atoms with E-state index in [0.717, 1.165) is 24.5 Å². The van der Waals surface area contributed by atoms with Gasteiger partial charge in [0.25, 0.3) is 0 Å². The summed E-state index contributed by atoms with van der Waals surface area (Å²) in [5, 5.41) is 6.95. The first-order valence-corrected chi connectivity index (χ1v) is 7.81. The molecule has 2 N–H and O–H groups in total. The van der Waals surface area contributed by atoms with Gasteiger partial charge < -0.3 is 15.5 Å². The Labute approximate surface area is 141 Å². The minimum atomic E-state index is 0. The second kappa shape index (κ2) is 8.41. The molecule has 2 aliphatic rings. The standard InChI is InChI=1S/C15H30N4.HI/c1-11(2)12(3)18-15(16-4)17-9-13-7-8-19(10-13)14-5-6-14;/h11-14H,5-10H2,1-4H3,(H2,16,17,18);1H. The van der Waals surface area contributed by atoms with Gasteiger partial charge in [-0.25, -0.2) is 0 Å². The van der Waals surface area contributed by atoms with Crippen molar-refractivity contribution in [1.29, 1.82) is 0 Å². The van der Waals surface area contributed by atoms with Crippen LogP contribution in [0.1, 0.15) is 40.0 Å². The van der Waals surface area contributed by atoms with Crippen LogP contribution in [0, 0.1) is 11.8 Å². The highest BCUT2D eigenvalue weighted by Crippen LogP contribution is 2.31. The molecular weight excluding hydrogens is 363 g/mol.